The molecule has 0 aliphatic carbocycles. The van der Waals surface area contributed by atoms with Gasteiger partial charge in [-0.1, -0.05) is 51.9 Å². The fraction of sp³-hybridized carbons (Fsp3) is 0.950. The van der Waals surface area contributed by atoms with Crippen LogP contribution in [0.5, 0.6) is 0 Å². The molecule has 5 nitrogen and oxygen atoms in total. The van der Waals surface area contributed by atoms with Crippen LogP contribution in [0.25, 0.3) is 0 Å². The van der Waals surface area contributed by atoms with Crippen LogP contribution in [0.15, 0.2) is 0 Å². The molecule has 0 amide bonds. The molecule has 156 valence electrons. The Balaban J connectivity index is 3.78. The van der Waals surface area contributed by atoms with Gasteiger partial charge in [-0.2, -0.15) is 0 Å². The third-order valence-corrected chi connectivity index (χ3v) is 7.37. The van der Waals surface area contributed by atoms with Gasteiger partial charge in [0, 0.05) is 32.3 Å². The second-order valence-electron chi connectivity index (χ2n) is 6.53. The molecule has 0 heterocycles. The van der Waals surface area contributed by atoms with E-state index in [0.29, 0.717) is 38.9 Å². The summed E-state index contributed by atoms with van der Waals surface area (Å²) in [6, 6.07) is 0.688. The fourth-order valence-corrected chi connectivity index (χ4v) is 5.53. The Morgan fingerprint density at radius 2 is 1.19 bits per heavy atom. The molecule has 0 aromatic heterocycles. The van der Waals surface area contributed by atoms with Crippen LogP contribution in [0, 0.1) is 0 Å². The Hall–Kier alpha value is -0.433. The van der Waals surface area contributed by atoms with Crippen LogP contribution in [0.3, 0.4) is 0 Å². The summed E-state index contributed by atoms with van der Waals surface area (Å²) in [7, 11) is -2.61. The fourth-order valence-electron chi connectivity index (χ4n) is 2.95. The van der Waals surface area contributed by atoms with Gasteiger partial charge < -0.3 is 18.0 Å². The maximum absolute atomic E-state index is 11.8. The summed E-state index contributed by atoms with van der Waals surface area (Å²) in [6.45, 7) is 10.2. The molecule has 0 N–H and O–H groups in total. The minimum Gasteiger partial charge on any atom is -0.466 e. The third kappa shape index (κ3) is 13.7. The molecule has 0 spiro atoms. The van der Waals surface area contributed by atoms with E-state index in [-0.39, 0.29) is 5.97 Å². The van der Waals surface area contributed by atoms with Crippen molar-refractivity contribution in [2.45, 2.75) is 97.9 Å². The standard InChI is InChI=1S/C20H42O5Si/c1-5-9-10-11-12-13-14-15-17-20(21)22-18-16-19-26(23-6-2,24-7-3)25-8-4/h5-19H2,1-4H3. The van der Waals surface area contributed by atoms with E-state index in [1.807, 2.05) is 20.8 Å². The predicted octanol–water partition coefficient (Wildman–Crippen LogP) is 5.50. The molecule has 0 atom stereocenters. The summed E-state index contributed by atoms with van der Waals surface area (Å²) >= 11 is 0. The van der Waals surface area contributed by atoms with Gasteiger partial charge in [-0.15, -0.1) is 0 Å². The lowest BCUT2D eigenvalue weighted by Gasteiger charge is -2.28. The number of rotatable bonds is 19. The van der Waals surface area contributed by atoms with Crippen LogP contribution in [-0.2, 0) is 22.8 Å². The van der Waals surface area contributed by atoms with E-state index in [4.69, 9.17) is 18.0 Å². The number of esters is 1. The number of hydrogen-bond acceptors (Lipinski definition) is 5. The molecule has 0 aromatic carbocycles. The molecule has 0 saturated heterocycles. The minimum absolute atomic E-state index is 0.0903. The predicted molar refractivity (Wildman–Crippen MR) is 108 cm³/mol. The van der Waals surface area contributed by atoms with Crippen molar-refractivity contribution < 1.29 is 22.8 Å². The summed E-state index contributed by atoms with van der Waals surface area (Å²) in [5.41, 5.74) is 0. The van der Waals surface area contributed by atoms with Crippen LogP contribution in [0.1, 0.15) is 91.9 Å². The lowest BCUT2D eigenvalue weighted by molar-refractivity contribution is -0.143. The zero-order chi connectivity index (χ0) is 19.5. The van der Waals surface area contributed by atoms with E-state index < -0.39 is 8.80 Å². The number of carbonyl (C=O) groups excluding carboxylic acids is 1. The molecule has 26 heavy (non-hydrogen) atoms. The molecule has 0 unspecified atom stereocenters. The van der Waals surface area contributed by atoms with Crippen molar-refractivity contribution in [3.8, 4) is 0 Å². The number of hydrogen-bond donors (Lipinski definition) is 0. The molecular weight excluding hydrogens is 348 g/mol. The lowest BCUT2D eigenvalue weighted by Crippen LogP contribution is -2.46. The minimum atomic E-state index is -2.61. The highest BCUT2D eigenvalue weighted by atomic mass is 28.4. The molecule has 0 radical (unpaired) electrons. The second kappa shape index (κ2) is 18.0. The van der Waals surface area contributed by atoms with Crippen molar-refractivity contribution in [3.05, 3.63) is 0 Å². The van der Waals surface area contributed by atoms with Gasteiger partial charge in [-0.05, 0) is 33.6 Å². The van der Waals surface area contributed by atoms with Gasteiger partial charge in [0.2, 0.25) is 0 Å². The Bertz CT molecular complexity index is 308. The first-order valence-corrected chi connectivity index (χ1v) is 12.6. The van der Waals surface area contributed by atoms with Crippen molar-refractivity contribution in [1.29, 1.82) is 0 Å². The highest BCUT2D eigenvalue weighted by Gasteiger charge is 2.39. The zero-order valence-electron chi connectivity index (χ0n) is 17.6. The highest BCUT2D eigenvalue weighted by molar-refractivity contribution is 6.60. The normalized spacial score (nSPS) is 11.7. The van der Waals surface area contributed by atoms with Gasteiger partial charge in [0.15, 0.2) is 0 Å². The van der Waals surface area contributed by atoms with Crippen molar-refractivity contribution in [3.63, 3.8) is 0 Å². The van der Waals surface area contributed by atoms with Crippen molar-refractivity contribution >= 4 is 14.8 Å². The summed E-state index contributed by atoms with van der Waals surface area (Å²) in [5.74, 6) is -0.0903. The Morgan fingerprint density at radius 3 is 1.69 bits per heavy atom. The maximum atomic E-state index is 11.8. The summed E-state index contributed by atoms with van der Waals surface area (Å²) in [4.78, 5) is 11.8. The average molecular weight is 391 g/mol. The summed E-state index contributed by atoms with van der Waals surface area (Å²) < 4.78 is 22.7. The monoisotopic (exact) mass is 390 g/mol. The van der Waals surface area contributed by atoms with E-state index in [1.165, 1.54) is 38.5 Å². The van der Waals surface area contributed by atoms with E-state index in [1.54, 1.807) is 0 Å². The van der Waals surface area contributed by atoms with Crippen molar-refractivity contribution in [1.82, 2.24) is 0 Å². The highest BCUT2D eigenvalue weighted by Crippen LogP contribution is 2.18. The Labute approximate surface area is 162 Å². The number of carbonyl (C=O) groups is 1. The lowest BCUT2D eigenvalue weighted by atomic mass is 10.1. The summed E-state index contributed by atoms with van der Waals surface area (Å²) in [6.07, 6.45) is 11.1. The smallest absolute Gasteiger partial charge is 0.466 e. The first-order chi connectivity index (χ1) is 12.6. The topological polar surface area (TPSA) is 54.0 Å². The van der Waals surface area contributed by atoms with Gasteiger partial charge in [0.25, 0.3) is 0 Å². The van der Waals surface area contributed by atoms with Crippen LogP contribution in [0.4, 0.5) is 0 Å². The quantitative estimate of drug-likeness (QED) is 0.166. The van der Waals surface area contributed by atoms with Crippen LogP contribution >= 0.6 is 0 Å². The largest absolute Gasteiger partial charge is 0.501 e. The van der Waals surface area contributed by atoms with Crippen LogP contribution in [0.2, 0.25) is 6.04 Å². The Morgan fingerprint density at radius 1 is 0.692 bits per heavy atom. The average Bonchev–Trinajstić information content (AvgIpc) is 2.62. The second-order valence-corrected chi connectivity index (χ2v) is 9.26. The summed E-state index contributed by atoms with van der Waals surface area (Å²) in [5, 5.41) is 0. The SMILES string of the molecule is CCCCCCCCCCC(=O)OCCC[Si](OCC)(OCC)OCC. The van der Waals surface area contributed by atoms with Gasteiger partial charge in [0.05, 0.1) is 6.61 Å². The molecule has 0 aromatic rings. The first-order valence-electron chi connectivity index (χ1n) is 10.7. The van der Waals surface area contributed by atoms with Crippen molar-refractivity contribution in [2.24, 2.45) is 0 Å². The van der Waals surface area contributed by atoms with E-state index in [2.05, 4.69) is 6.92 Å². The van der Waals surface area contributed by atoms with Crippen LogP contribution < -0.4 is 0 Å². The third-order valence-electron chi connectivity index (χ3n) is 4.22. The van der Waals surface area contributed by atoms with Crippen LogP contribution in [-0.4, -0.2) is 41.2 Å². The first kappa shape index (κ1) is 25.6. The number of unbranched alkanes of at least 4 members (excludes halogenated alkanes) is 7. The molecular formula is C20H42O5Si. The van der Waals surface area contributed by atoms with Gasteiger partial charge in [-0.3, -0.25) is 4.79 Å². The van der Waals surface area contributed by atoms with E-state index in [9.17, 15) is 4.79 Å². The van der Waals surface area contributed by atoms with E-state index in [0.717, 1.165) is 19.3 Å². The number of ether oxygens (including phenoxy) is 1. The van der Waals surface area contributed by atoms with E-state index >= 15 is 0 Å². The molecule has 0 fully saturated rings. The zero-order valence-corrected chi connectivity index (χ0v) is 18.6. The van der Waals surface area contributed by atoms with Gasteiger partial charge in [0.1, 0.15) is 0 Å². The maximum Gasteiger partial charge on any atom is 0.501 e. The molecule has 0 bridgehead atoms. The van der Waals surface area contributed by atoms with Crippen molar-refractivity contribution in [2.75, 3.05) is 26.4 Å². The molecule has 0 saturated carbocycles. The molecule has 0 aliphatic rings. The Kier molecular flexibility index (Phi) is 17.7. The molecule has 6 heteroatoms. The van der Waals surface area contributed by atoms with Gasteiger partial charge >= 0.3 is 14.8 Å². The molecule has 0 aliphatic heterocycles. The van der Waals surface area contributed by atoms with Gasteiger partial charge in [-0.25, -0.2) is 0 Å². The molecule has 0 rings (SSSR count).